The molecule has 0 unspecified atom stereocenters. The molecule has 0 aliphatic carbocycles. The molecule has 1 aromatic heterocycles. The molecule has 0 bridgehead atoms. The number of aromatic nitrogens is 2. The van der Waals surface area contributed by atoms with Crippen molar-refractivity contribution in [1.82, 2.24) is 9.97 Å². The first-order valence-electron chi connectivity index (χ1n) is 13.6. The van der Waals surface area contributed by atoms with E-state index in [9.17, 15) is 17.3 Å². The molecule has 0 saturated carbocycles. The van der Waals surface area contributed by atoms with Crippen molar-refractivity contribution in [3.8, 4) is 34.3 Å². The summed E-state index contributed by atoms with van der Waals surface area (Å²) in [6, 6.07) is 25.5. The Bertz CT molecular complexity index is 1260. The summed E-state index contributed by atoms with van der Waals surface area (Å²) in [6.07, 6.45) is 0. The van der Waals surface area contributed by atoms with Crippen LogP contribution in [0.25, 0.3) is 34.3 Å². The Hall–Kier alpha value is -3.55. The monoisotopic (exact) mass is 566 g/mol. The van der Waals surface area contributed by atoms with Crippen LogP contribution >= 0.6 is 0 Å². The molecule has 41 heavy (non-hydrogen) atoms. The van der Waals surface area contributed by atoms with Crippen LogP contribution < -0.4 is 0 Å². The normalized spacial score (nSPS) is 12.5. The van der Waals surface area contributed by atoms with E-state index in [4.69, 9.17) is 14.4 Å². The van der Waals surface area contributed by atoms with Gasteiger partial charge in [0.25, 0.3) is 0 Å². The van der Waals surface area contributed by atoms with Gasteiger partial charge in [-0.1, -0.05) is 111 Å². The largest absolute Gasteiger partial charge is 0.673 e. The third-order valence-electron chi connectivity index (χ3n) is 6.61. The van der Waals surface area contributed by atoms with Crippen molar-refractivity contribution >= 4 is 7.25 Å². The van der Waals surface area contributed by atoms with Crippen molar-refractivity contribution < 1.29 is 21.7 Å². The minimum Gasteiger partial charge on any atom is -0.418 e. The molecule has 0 spiro atoms. The van der Waals surface area contributed by atoms with Crippen LogP contribution in [0.2, 0.25) is 0 Å². The molecule has 1 heterocycles. The van der Waals surface area contributed by atoms with Crippen LogP contribution in [-0.2, 0) is 16.2 Å². The maximum Gasteiger partial charge on any atom is 0.673 e. The highest BCUT2D eigenvalue weighted by atomic mass is 19.5. The van der Waals surface area contributed by atoms with Gasteiger partial charge in [-0.3, -0.25) is 0 Å². The highest BCUT2D eigenvalue weighted by Gasteiger charge is 2.26. The van der Waals surface area contributed by atoms with Gasteiger partial charge in [-0.15, -0.1) is 9.97 Å². The number of benzene rings is 3. The number of hydrogen-bond acceptors (Lipinski definition) is 2. The van der Waals surface area contributed by atoms with Gasteiger partial charge in [0.05, 0.1) is 0 Å². The summed E-state index contributed by atoms with van der Waals surface area (Å²) in [4.78, 5) is 9.72. The van der Waals surface area contributed by atoms with Gasteiger partial charge in [0, 0.05) is 5.56 Å². The van der Waals surface area contributed by atoms with E-state index in [1.807, 2.05) is 0 Å². The third-order valence-corrected chi connectivity index (χ3v) is 6.61. The van der Waals surface area contributed by atoms with Crippen LogP contribution in [-0.4, -0.2) is 17.2 Å². The molecular weight excluding hydrogens is 527 g/mol. The summed E-state index contributed by atoms with van der Waals surface area (Å²) in [7, 11) is -6.00. The Kier molecular flexibility index (Phi) is 9.16. The predicted octanol–water partition coefficient (Wildman–Crippen LogP) is 10.5. The van der Waals surface area contributed by atoms with Gasteiger partial charge in [0.1, 0.15) is 11.1 Å². The standard InChI is InChI=1S/C33H39N2O.BF4/c1-31(2,3)25-16-10-22(11-17-25)28-34-29(23-12-18-26(19-13-23)32(4,5)6)36-30(35-28)24-14-20-27(21-15-24)33(7,8)9;2-1(3,4)5/h10-21H,1-9H3;/q+1;-1. The fraction of sp³-hybridized carbons (Fsp3) is 0.364. The molecule has 8 heteroatoms. The number of hydrogen-bond donors (Lipinski definition) is 0. The second kappa shape index (κ2) is 11.7. The van der Waals surface area contributed by atoms with E-state index in [1.54, 1.807) is 0 Å². The quantitative estimate of drug-likeness (QED) is 0.141. The van der Waals surface area contributed by atoms with Gasteiger partial charge >= 0.3 is 19.0 Å². The minimum absolute atomic E-state index is 0.0846. The molecule has 0 radical (unpaired) electrons. The molecule has 3 nitrogen and oxygen atoms in total. The summed E-state index contributed by atoms with van der Waals surface area (Å²) in [5, 5.41) is 0. The van der Waals surface area contributed by atoms with Crippen molar-refractivity contribution in [1.29, 1.82) is 0 Å². The zero-order chi connectivity index (χ0) is 30.8. The summed E-state index contributed by atoms with van der Waals surface area (Å²) >= 11 is 0. The lowest BCUT2D eigenvalue weighted by Gasteiger charge is -2.19. The predicted molar refractivity (Wildman–Crippen MR) is 161 cm³/mol. The Morgan fingerprint density at radius 3 is 0.951 bits per heavy atom. The van der Waals surface area contributed by atoms with Gasteiger partial charge in [-0.05, 0) is 57.2 Å². The molecule has 4 aromatic rings. The van der Waals surface area contributed by atoms with Crippen LogP contribution in [0.5, 0.6) is 0 Å². The van der Waals surface area contributed by atoms with E-state index in [0.29, 0.717) is 17.6 Å². The molecule has 0 amide bonds. The van der Waals surface area contributed by atoms with E-state index in [0.717, 1.165) is 16.7 Å². The van der Waals surface area contributed by atoms with Crippen molar-refractivity contribution in [3.63, 3.8) is 0 Å². The molecular formula is C33H39BF4N2O. The van der Waals surface area contributed by atoms with Crippen molar-refractivity contribution in [2.24, 2.45) is 0 Å². The summed E-state index contributed by atoms with van der Waals surface area (Å²) < 4.78 is 45.3. The van der Waals surface area contributed by atoms with Gasteiger partial charge in [0.15, 0.2) is 5.82 Å². The molecule has 3 aromatic carbocycles. The van der Waals surface area contributed by atoms with Crippen LogP contribution in [0.15, 0.2) is 77.2 Å². The van der Waals surface area contributed by atoms with E-state index in [1.165, 1.54) is 16.7 Å². The first-order chi connectivity index (χ1) is 18.7. The van der Waals surface area contributed by atoms with E-state index in [2.05, 4.69) is 135 Å². The van der Waals surface area contributed by atoms with Crippen molar-refractivity contribution in [3.05, 3.63) is 89.5 Å². The summed E-state index contributed by atoms with van der Waals surface area (Å²) in [6.45, 7) is 20.0. The maximum atomic E-state index is 9.75. The highest BCUT2D eigenvalue weighted by Crippen LogP contribution is 2.32. The number of rotatable bonds is 3. The minimum atomic E-state index is -6.00. The Morgan fingerprint density at radius 1 is 0.463 bits per heavy atom. The van der Waals surface area contributed by atoms with Gasteiger partial charge in [0.2, 0.25) is 0 Å². The molecule has 0 saturated heterocycles. The van der Waals surface area contributed by atoms with E-state index >= 15 is 0 Å². The maximum absolute atomic E-state index is 9.75. The lowest BCUT2D eigenvalue weighted by Crippen LogP contribution is -2.10. The molecule has 4 rings (SSSR count). The molecule has 0 aliphatic rings. The topological polar surface area (TPSA) is 37.1 Å². The molecule has 0 aliphatic heterocycles. The van der Waals surface area contributed by atoms with E-state index in [-0.39, 0.29) is 16.2 Å². The van der Waals surface area contributed by atoms with Crippen molar-refractivity contribution in [2.45, 2.75) is 78.6 Å². The van der Waals surface area contributed by atoms with Crippen LogP contribution in [0.1, 0.15) is 79.0 Å². The lowest BCUT2D eigenvalue weighted by molar-refractivity contribution is 0.368. The smallest absolute Gasteiger partial charge is 0.418 e. The zero-order valence-electron chi connectivity index (χ0n) is 25.3. The first-order valence-corrected chi connectivity index (χ1v) is 13.6. The van der Waals surface area contributed by atoms with E-state index < -0.39 is 7.25 Å². The molecule has 0 N–H and O–H groups in total. The summed E-state index contributed by atoms with van der Waals surface area (Å²) in [5.74, 6) is 1.79. The average Bonchev–Trinajstić information content (AvgIpc) is 2.86. The molecule has 0 atom stereocenters. The fourth-order valence-electron chi connectivity index (χ4n) is 4.08. The fourth-order valence-corrected chi connectivity index (χ4v) is 4.08. The average molecular weight is 566 g/mol. The third kappa shape index (κ3) is 9.24. The van der Waals surface area contributed by atoms with Gasteiger partial charge in [-0.2, -0.15) is 4.42 Å². The second-order valence-electron chi connectivity index (χ2n) is 13.2. The van der Waals surface area contributed by atoms with Gasteiger partial charge in [-0.25, -0.2) is 0 Å². The van der Waals surface area contributed by atoms with Crippen LogP contribution in [0, 0.1) is 0 Å². The Morgan fingerprint density at radius 2 is 0.707 bits per heavy atom. The molecule has 218 valence electrons. The SMILES string of the molecule is CC(C)(C)c1ccc(-c2nc(-c3ccc(C(C)(C)C)cc3)[o+]c(-c3ccc(C(C)(C)C)cc3)n2)cc1.F[B-](F)(F)F. The van der Waals surface area contributed by atoms with Crippen LogP contribution in [0.4, 0.5) is 17.3 Å². The van der Waals surface area contributed by atoms with Crippen LogP contribution in [0.3, 0.4) is 0 Å². The highest BCUT2D eigenvalue weighted by molar-refractivity contribution is 6.50. The van der Waals surface area contributed by atoms with Gasteiger partial charge < -0.3 is 17.3 Å². The zero-order valence-corrected chi connectivity index (χ0v) is 25.3. The number of halogens is 4. The second-order valence-corrected chi connectivity index (χ2v) is 13.2. The molecule has 0 fully saturated rings. The Labute approximate surface area is 241 Å². The first kappa shape index (κ1) is 32.0. The van der Waals surface area contributed by atoms with Crippen molar-refractivity contribution in [2.75, 3.05) is 0 Å². The lowest BCUT2D eigenvalue weighted by atomic mass is 9.86. The summed E-state index contributed by atoms with van der Waals surface area (Å²) in [5.41, 5.74) is 6.93. The number of nitrogens with zero attached hydrogens (tertiary/aromatic N) is 2. The Balaban J connectivity index is 0.000000850.